The molecular formula is C13H17FN2O4S. The number of nitrogens with one attached hydrogen (secondary N) is 1. The summed E-state index contributed by atoms with van der Waals surface area (Å²) in [5, 5.41) is 3.09. The Morgan fingerprint density at radius 1 is 1.33 bits per heavy atom. The predicted octanol–water partition coefficient (Wildman–Crippen LogP) is 0.596. The predicted molar refractivity (Wildman–Crippen MR) is 74.0 cm³/mol. The van der Waals surface area contributed by atoms with Crippen LogP contribution in [-0.4, -0.2) is 52.0 Å². The number of sulfonamides is 1. The van der Waals surface area contributed by atoms with Crippen molar-refractivity contribution in [1.29, 1.82) is 0 Å². The summed E-state index contributed by atoms with van der Waals surface area (Å²) in [5.74, 6) is -1.91. The van der Waals surface area contributed by atoms with E-state index in [1.54, 1.807) is 0 Å². The number of carbonyl (C=O) groups is 1. The van der Waals surface area contributed by atoms with Crippen LogP contribution in [-0.2, 0) is 14.8 Å². The van der Waals surface area contributed by atoms with Gasteiger partial charge in [0.05, 0.1) is 12.0 Å². The number of ether oxygens (including phenoxy) is 1. The van der Waals surface area contributed by atoms with Crippen LogP contribution in [0.3, 0.4) is 0 Å². The van der Waals surface area contributed by atoms with Crippen LogP contribution in [0.5, 0.6) is 0 Å². The van der Waals surface area contributed by atoms with Gasteiger partial charge >= 0.3 is 5.97 Å². The lowest BCUT2D eigenvalue weighted by molar-refractivity contribution is 0.0590. The van der Waals surface area contributed by atoms with E-state index in [1.807, 2.05) is 0 Å². The van der Waals surface area contributed by atoms with E-state index in [-0.39, 0.29) is 11.4 Å². The highest BCUT2D eigenvalue weighted by Crippen LogP contribution is 2.24. The van der Waals surface area contributed by atoms with Gasteiger partial charge in [-0.15, -0.1) is 0 Å². The van der Waals surface area contributed by atoms with Crippen molar-refractivity contribution in [2.75, 3.05) is 33.3 Å². The smallest absolute Gasteiger partial charge is 0.342 e. The molecule has 1 aliphatic heterocycles. The number of carbonyl (C=O) groups excluding carboxylic acids is 1. The summed E-state index contributed by atoms with van der Waals surface area (Å²) in [6, 6.07) is 3.53. The second-order valence-electron chi connectivity index (χ2n) is 4.61. The van der Waals surface area contributed by atoms with Crippen molar-refractivity contribution in [3.8, 4) is 0 Å². The summed E-state index contributed by atoms with van der Waals surface area (Å²) in [6.45, 7) is 1.84. The van der Waals surface area contributed by atoms with Crippen molar-refractivity contribution in [2.24, 2.45) is 0 Å². The lowest BCUT2D eigenvalue weighted by Gasteiger charge is -2.21. The van der Waals surface area contributed by atoms with Crippen molar-refractivity contribution in [1.82, 2.24) is 9.62 Å². The zero-order chi connectivity index (χ0) is 15.5. The molecule has 1 heterocycles. The largest absolute Gasteiger partial charge is 0.465 e. The minimum absolute atomic E-state index is 0.277. The second-order valence-corrected chi connectivity index (χ2v) is 6.52. The minimum Gasteiger partial charge on any atom is -0.465 e. The lowest BCUT2D eigenvalue weighted by Crippen LogP contribution is -2.35. The van der Waals surface area contributed by atoms with Gasteiger partial charge in [0.2, 0.25) is 10.0 Å². The van der Waals surface area contributed by atoms with Crippen LogP contribution in [0.4, 0.5) is 4.39 Å². The zero-order valence-corrected chi connectivity index (χ0v) is 12.5. The Labute approximate surface area is 122 Å². The molecular weight excluding hydrogens is 299 g/mol. The highest BCUT2D eigenvalue weighted by molar-refractivity contribution is 7.89. The number of benzene rings is 1. The van der Waals surface area contributed by atoms with E-state index in [0.29, 0.717) is 19.5 Å². The molecule has 6 nitrogen and oxygen atoms in total. The van der Waals surface area contributed by atoms with Crippen molar-refractivity contribution < 1.29 is 22.3 Å². The van der Waals surface area contributed by atoms with Crippen molar-refractivity contribution >= 4 is 16.0 Å². The van der Waals surface area contributed by atoms with Gasteiger partial charge in [0.1, 0.15) is 11.4 Å². The molecule has 0 amide bonds. The van der Waals surface area contributed by atoms with E-state index in [0.717, 1.165) is 19.7 Å². The number of hydrogen-bond acceptors (Lipinski definition) is 5. The molecule has 1 fully saturated rings. The molecule has 0 radical (unpaired) electrons. The van der Waals surface area contributed by atoms with Crippen molar-refractivity contribution in [3.05, 3.63) is 29.6 Å². The second kappa shape index (κ2) is 6.50. The average Bonchev–Trinajstić information content (AvgIpc) is 2.75. The first kappa shape index (κ1) is 15.9. The fourth-order valence-electron chi connectivity index (χ4n) is 2.22. The van der Waals surface area contributed by atoms with E-state index in [1.165, 1.54) is 16.4 Å². The molecule has 0 aliphatic carbocycles. The van der Waals surface area contributed by atoms with Crippen LogP contribution in [0.15, 0.2) is 23.1 Å². The van der Waals surface area contributed by atoms with Crippen LogP contribution in [0.2, 0.25) is 0 Å². The maximum atomic E-state index is 13.9. The summed E-state index contributed by atoms with van der Waals surface area (Å²) in [5.41, 5.74) is -0.544. The van der Waals surface area contributed by atoms with Gasteiger partial charge in [0.25, 0.3) is 0 Å². The third kappa shape index (κ3) is 3.22. The molecule has 1 saturated heterocycles. The van der Waals surface area contributed by atoms with E-state index >= 15 is 0 Å². The Bertz CT molecular complexity index is 625. The number of methoxy groups -OCH3 is 1. The molecule has 0 saturated carbocycles. The van der Waals surface area contributed by atoms with Crippen LogP contribution in [0.1, 0.15) is 16.8 Å². The molecule has 8 heteroatoms. The fourth-order valence-corrected chi connectivity index (χ4v) is 3.89. The molecule has 0 atom stereocenters. The molecule has 0 bridgehead atoms. The van der Waals surface area contributed by atoms with Gasteiger partial charge in [0.15, 0.2) is 0 Å². The van der Waals surface area contributed by atoms with Crippen LogP contribution in [0, 0.1) is 5.82 Å². The normalized spacial score (nSPS) is 17.2. The van der Waals surface area contributed by atoms with E-state index < -0.39 is 27.4 Å². The van der Waals surface area contributed by atoms with Gasteiger partial charge in [-0.1, -0.05) is 6.07 Å². The Hall–Kier alpha value is -1.51. The summed E-state index contributed by atoms with van der Waals surface area (Å²) in [4.78, 5) is 11.3. The van der Waals surface area contributed by atoms with Gasteiger partial charge < -0.3 is 10.1 Å². The highest BCUT2D eigenvalue weighted by Gasteiger charge is 2.31. The number of hydrogen-bond donors (Lipinski definition) is 1. The van der Waals surface area contributed by atoms with Crippen molar-refractivity contribution in [3.63, 3.8) is 0 Å². The first-order chi connectivity index (χ1) is 9.98. The lowest BCUT2D eigenvalue weighted by atomic mass is 10.2. The molecule has 0 aromatic heterocycles. The molecule has 116 valence electrons. The number of halogens is 1. The zero-order valence-electron chi connectivity index (χ0n) is 11.6. The van der Waals surface area contributed by atoms with Crippen LogP contribution < -0.4 is 5.32 Å². The number of esters is 1. The maximum Gasteiger partial charge on any atom is 0.342 e. The maximum absolute atomic E-state index is 13.9. The van der Waals surface area contributed by atoms with E-state index in [9.17, 15) is 17.6 Å². The van der Waals surface area contributed by atoms with Gasteiger partial charge in [-0.3, -0.25) is 0 Å². The first-order valence-electron chi connectivity index (χ1n) is 6.56. The third-order valence-corrected chi connectivity index (χ3v) is 5.22. The van der Waals surface area contributed by atoms with Gasteiger partial charge in [-0.2, -0.15) is 4.31 Å². The SMILES string of the molecule is COC(=O)c1c(F)cccc1S(=O)(=O)N1CCCNCC1. The Balaban J connectivity index is 2.49. The number of rotatable bonds is 3. The van der Waals surface area contributed by atoms with E-state index in [2.05, 4.69) is 10.1 Å². The number of nitrogens with zero attached hydrogens (tertiary/aromatic N) is 1. The molecule has 1 aromatic carbocycles. The molecule has 0 unspecified atom stereocenters. The van der Waals surface area contributed by atoms with Gasteiger partial charge in [-0.25, -0.2) is 17.6 Å². The highest BCUT2D eigenvalue weighted by atomic mass is 32.2. The monoisotopic (exact) mass is 316 g/mol. The quantitative estimate of drug-likeness (QED) is 0.826. The fraction of sp³-hybridized carbons (Fsp3) is 0.462. The van der Waals surface area contributed by atoms with Gasteiger partial charge in [0, 0.05) is 19.6 Å². The summed E-state index contributed by atoms with van der Waals surface area (Å²) >= 11 is 0. The molecule has 0 spiro atoms. The summed E-state index contributed by atoms with van der Waals surface area (Å²) in [6.07, 6.45) is 0.655. The summed E-state index contributed by atoms with van der Waals surface area (Å²) < 4.78 is 44.9. The van der Waals surface area contributed by atoms with Crippen molar-refractivity contribution in [2.45, 2.75) is 11.3 Å². The first-order valence-corrected chi connectivity index (χ1v) is 8.00. The van der Waals surface area contributed by atoms with E-state index in [4.69, 9.17) is 0 Å². The third-order valence-electron chi connectivity index (χ3n) is 3.28. The van der Waals surface area contributed by atoms with Gasteiger partial charge in [-0.05, 0) is 25.1 Å². The molecule has 1 aromatic rings. The molecule has 21 heavy (non-hydrogen) atoms. The minimum atomic E-state index is -3.94. The molecule has 1 N–H and O–H groups in total. The Kier molecular flexibility index (Phi) is 4.92. The Morgan fingerprint density at radius 2 is 2.10 bits per heavy atom. The summed E-state index contributed by atoms with van der Waals surface area (Å²) in [7, 11) is -2.86. The topological polar surface area (TPSA) is 75.7 Å². The molecule has 1 aliphatic rings. The Morgan fingerprint density at radius 3 is 2.81 bits per heavy atom. The molecule has 2 rings (SSSR count). The van der Waals surface area contributed by atoms with Crippen LogP contribution in [0.25, 0.3) is 0 Å². The average molecular weight is 316 g/mol. The van der Waals surface area contributed by atoms with Crippen LogP contribution >= 0.6 is 0 Å². The standard InChI is InChI=1S/C13H17FN2O4S/c1-20-13(17)12-10(14)4-2-5-11(12)21(18,19)16-8-3-6-15-7-9-16/h2,4-5,15H,3,6-9H2,1H3.